The summed E-state index contributed by atoms with van der Waals surface area (Å²) in [5.41, 5.74) is 10.4. The van der Waals surface area contributed by atoms with E-state index in [4.69, 9.17) is 11.6 Å². The molecule has 13 heteroatoms. The lowest BCUT2D eigenvalue weighted by atomic mass is 9.98. The number of piperidine rings is 1. The van der Waals surface area contributed by atoms with E-state index in [1.165, 1.54) is 6.20 Å². The largest absolute Gasteiger partial charge is 0.373 e. The van der Waals surface area contributed by atoms with Gasteiger partial charge < -0.3 is 16.1 Å². The van der Waals surface area contributed by atoms with Crippen LogP contribution < -0.4 is 21.6 Å². The van der Waals surface area contributed by atoms with Gasteiger partial charge in [0.25, 0.3) is 0 Å². The predicted molar refractivity (Wildman–Crippen MR) is 170 cm³/mol. The van der Waals surface area contributed by atoms with Crippen molar-refractivity contribution in [3.05, 3.63) is 94.9 Å². The molecule has 1 atom stereocenters. The molecule has 5 heterocycles. The van der Waals surface area contributed by atoms with Crippen LogP contribution in [0.3, 0.4) is 0 Å². The average molecular weight is 631 g/mol. The van der Waals surface area contributed by atoms with Crippen molar-refractivity contribution in [2.45, 2.75) is 51.2 Å². The Morgan fingerprint density at radius 3 is 2.58 bits per heavy atom. The number of halogens is 3. The van der Waals surface area contributed by atoms with Crippen LogP contribution >= 0.6 is 11.6 Å². The van der Waals surface area contributed by atoms with Gasteiger partial charge in [0, 0.05) is 66.6 Å². The summed E-state index contributed by atoms with van der Waals surface area (Å²) in [6.45, 7) is 8.79. The maximum atomic E-state index is 14.0. The number of nitrogens with zero attached hydrogens (tertiary/aromatic N) is 6. The quantitative estimate of drug-likeness (QED) is 0.177. The molecule has 2 aliphatic heterocycles. The molecule has 0 bridgehead atoms. The Labute approximate surface area is 265 Å². The van der Waals surface area contributed by atoms with Crippen molar-refractivity contribution in [2.24, 2.45) is 0 Å². The van der Waals surface area contributed by atoms with Gasteiger partial charge in [-0.1, -0.05) is 17.7 Å². The maximum absolute atomic E-state index is 14.0. The number of hydrogen-bond donors (Lipinski definition) is 4. The normalized spacial score (nSPS) is 16.6. The SMILES string of the molecule is CC(C)(C)N1CCC(N2C=C([C@@H](Nc3cc(Cl)c4ncc(C#N)c(Nc5cnc(F)c(F)c5)c4c3)c3cccnc3)NN2)CC1. The van der Waals surface area contributed by atoms with Crippen molar-refractivity contribution in [3.8, 4) is 6.07 Å². The topological polar surface area (TPSA) is 117 Å². The van der Waals surface area contributed by atoms with Crippen molar-refractivity contribution in [3.63, 3.8) is 0 Å². The number of anilines is 3. The summed E-state index contributed by atoms with van der Waals surface area (Å²) >= 11 is 6.73. The van der Waals surface area contributed by atoms with E-state index in [0.29, 0.717) is 33.3 Å². The van der Waals surface area contributed by atoms with Gasteiger partial charge in [0.2, 0.25) is 5.95 Å². The van der Waals surface area contributed by atoms with Gasteiger partial charge in [-0.3, -0.25) is 19.9 Å². The molecule has 232 valence electrons. The Morgan fingerprint density at radius 2 is 1.89 bits per heavy atom. The van der Waals surface area contributed by atoms with Crippen LogP contribution in [-0.2, 0) is 0 Å². The van der Waals surface area contributed by atoms with Crippen molar-refractivity contribution in [2.75, 3.05) is 23.7 Å². The molecule has 0 aliphatic carbocycles. The van der Waals surface area contributed by atoms with Crippen LogP contribution in [0.2, 0.25) is 5.02 Å². The molecule has 0 saturated carbocycles. The van der Waals surface area contributed by atoms with Crippen molar-refractivity contribution in [1.29, 1.82) is 5.26 Å². The number of likely N-dealkylation sites (tertiary alicyclic amines) is 1. The van der Waals surface area contributed by atoms with Gasteiger partial charge in [-0.15, -0.1) is 5.53 Å². The van der Waals surface area contributed by atoms with E-state index in [2.05, 4.69) is 79.5 Å². The maximum Gasteiger partial charge on any atom is 0.249 e. The third-order valence-electron chi connectivity index (χ3n) is 8.16. The van der Waals surface area contributed by atoms with Crippen molar-refractivity contribution < 1.29 is 8.78 Å². The fourth-order valence-corrected chi connectivity index (χ4v) is 6.02. The fourth-order valence-electron chi connectivity index (χ4n) is 5.75. The molecule has 0 spiro atoms. The molecule has 6 rings (SSSR count). The third kappa shape index (κ3) is 6.47. The number of rotatable bonds is 7. The molecule has 2 aliphatic rings. The molecule has 1 fully saturated rings. The van der Waals surface area contributed by atoms with Crippen LogP contribution in [-0.4, -0.2) is 49.5 Å². The number of fused-ring (bicyclic) bond motifs is 1. The first kappa shape index (κ1) is 30.5. The molecular weight excluding hydrogens is 598 g/mol. The number of hydrogen-bond acceptors (Lipinski definition) is 10. The second-order valence-electron chi connectivity index (χ2n) is 12.1. The summed E-state index contributed by atoms with van der Waals surface area (Å²) in [5.74, 6) is -2.33. The average Bonchev–Trinajstić information content (AvgIpc) is 3.52. The minimum Gasteiger partial charge on any atom is -0.373 e. The second kappa shape index (κ2) is 12.4. The first-order valence-corrected chi connectivity index (χ1v) is 15.0. The Hall–Kier alpha value is -4.57. The van der Waals surface area contributed by atoms with E-state index in [1.54, 1.807) is 18.5 Å². The molecule has 4 N–H and O–H groups in total. The Morgan fingerprint density at radius 1 is 1.09 bits per heavy atom. The number of nitriles is 1. The zero-order chi connectivity index (χ0) is 31.7. The van der Waals surface area contributed by atoms with Crippen LogP contribution in [0.4, 0.5) is 25.8 Å². The van der Waals surface area contributed by atoms with Crippen LogP contribution in [0.1, 0.15) is 50.8 Å². The lowest BCUT2D eigenvalue weighted by molar-refractivity contribution is 0.0570. The van der Waals surface area contributed by atoms with E-state index < -0.39 is 11.8 Å². The summed E-state index contributed by atoms with van der Waals surface area (Å²) in [6, 6.07) is 10.5. The lowest BCUT2D eigenvalue weighted by Crippen LogP contribution is -2.52. The van der Waals surface area contributed by atoms with E-state index >= 15 is 0 Å². The van der Waals surface area contributed by atoms with Crippen molar-refractivity contribution >= 4 is 39.6 Å². The molecule has 1 saturated heterocycles. The molecule has 10 nitrogen and oxygen atoms in total. The summed E-state index contributed by atoms with van der Waals surface area (Å²) in [5, 5.41) is 19.4. The molecule has 3 aromatic heterocycles. The first-order valence-electron chi connectivity index (χ1n) is 14.6. The van der Waals surface area contributed by atoms with Gasteiger partial charge in [-0.05, 0) is 57.4 Å². The Balaban J connectivity index is 1.33. The number of benzene rings is 1. The van der Waals surface area contributed by atoms with Gasteiger partial charge >= 0.3 is 0 Å². The Kier molecular flexibility index (Phi) is 8.42. The van der Waals surface area contributed by atoms with Gasteiger partial charge in [-0.2, -0.15) is 9.65 Å². The minimum absolute atomic E-state index is 0.143. The summed E-state index contributed by atoms with van der Waals surface area (Å²) < 4.78 is 27.5. The zero-order valence-electron chi connectivity index (χ0n) is 25.1. The molecule has 0 unspecified atom stereocenters. The molecule has 45 heavy (non-hydrogen) atoms. The number of pyridine rings is 3. The predicted octanol–water partition coefficient (Wildman–Crippen LogP) is 6.15. The monoisotopic (exact) mass is 630 g/mol. The van der Waals surface area contributed by atoms with E-state index in [9.17, 15) is 14.0 Å². The molecule has 1 aromatic carbocycles. The minimum atomic E-state index is -1.21. The first-order chi connectivity index (χ1) is 21.6. The van der Waals surface area contributed by atoms with Crippen LogP contribution in [0.5, 0.6) is 0 Å². The lowest BCUT2D eigenvalue weighted by Gasteiger charge is -2.42. The van der Waals surface area contributed by atoms with E-state index in [1.807, 2.05) is 18.2 Å². The molecule has 0 amide bonds. The highest BCUT2D eigenvalue weighted by molar-refractivity contribution is 6.36. The van der Waals surface area contributed by atoms with Gasteiger partial charge in [0.05, 0.1) is 45.4 Å². The van der Waals surface area contributed by atoms with Crippen LogP contribution in [0, 0.1) is 23.1 Å². The fraction of sp³-hybridized carbons (Fsp3) is 0.312. The number of hydrazine groups is 2. The number of nitrogens with one attached hydrogen (secondary N) is 4. The number of aromatic nitrogens is 3. The standard InChI is InChI=1S/C32H33ClF2N10/c1-32(2,3)44-9-6-23(7-10-44)45-18-27(42-43-45)29(19-5-4-8-37-15-19)40-21-11-24-28(41-22-13-26(34)31(35)39-17-22)20(14-36)16-38-30(24)25(33)12-21/h4-5,8,11-13,15-18,23,29,40,42-43H,6-7,9-10H2,1-3H3,(H,38,41)/t29-/m0/s1. The van der Waals surface area contributed by atoms with Crippen LogP contribution in [0.15, 0.2) is 67.0 Å². The zero-order valence-corrected chi connectivity index (χ0v) is 25.8. The molecular formula is C32H33ClF2N10. The third-order valence-corrected chi connectivity index (χ3v) is 8.45. The van der Waals surface area contributed by atoms with E-state index in [-0.39, 0.29) is 22.8 Å². The summed E-state index contributed by atoms with van der Waals surface area (Å²) in [4.78, 5) is 14.7. The van der Waals surface area contributed by atoms with Gasteiger partial charge in [-0.25, -0.2) is 9.37 Å². The highest BCUT2D eigenvalue weighted by Crippen LogP contribution is 2.37. The van der Waals surface area contributed by atoms with Crippen molar-refractivity contribution in [1.82, 2.24) is 35.8 Å². The van der Waals surface area contributed by atoms with E-state index in [0.717, 1.165) is 49.5 Å². The molecule has 0 radical (unpaired) electrons. The smallest absolute Gasteiger partial charge is 0.249 e. The summed E-state index contributed by atoms with van der Waals surface area (Å²) in [7, 11) is 0. The Bertz CT molecular complexity index is 1780. The van der Waals surface area contributed by atoms with Crippen LogP contribution in [0.25, 0.3) is 10.9 Å². The highest BCUT2D eigenvalue weighted by Gasteiger charge is 2.32. The second-order valence-corrected chi connectivity index (χ2v) is 12.5. The molecule has 4 aromatic rings. The van der Waals surface area contributed by atoms with Gasteiger partial charge in [0.1, 0.15) is 6.07 Å². The highest BCUT2D eigenvalue weighted by atomic mass is 35.5. The van der Waals surface area contributed by atoms with Gasteiger partial charge in [0.15, 0.2) is 5.82 Å². The summed E-state index contributed by atoms with van der Waals surface area (Å²) in [6.07, 6.45) is 10.2.